The summed E-state index contributed by atoms with van der Waals surface area (Å²) in [5.41, 5.74) is 2.08. The number of methoxy groups -OCH3 is 1. The molecule has 0 spiro atoms. The van der Waals surface area contributed by atoms with Crippen LogP contribution >= 0.6 is 0 Å². The molecule has 0 radical (unpaired) electrons. The topological polar surface area (TPSA) is 38.8 Å². The number of nitrogens with zero attached hydrogens (tertiary/aromatic N) is 1. The second kappa shape index (κ2) is 9.39. The molecule has 1 aliphatic rings. The molecule has 0 bridgehead atoms. The van der Waals surface area contributed by atoms with E-state index in [9.17, 15) is 4.79 Å². The number of ether oxygens (including phenoxy) is 2. The first-order valence-electron chi connectivity index (χ1n) is 9.31. The lowest BCUT2D eigenvalue weighted by molar-refractivity contribution is 0.0690. The van der Waals surface area contributed by atoms with Gasteiger partial charge in [0.2, 0.25) is 0 Å². The molecule has 2 aromatic carbocycles. The highest BCUT2D eigenvalue weighted by molar-refractivity contribution is 5.94. The van der Waals surface area contributed by atoms with Crippen molar-refractivity contribution in [3.63, 3.8) is 0 Å². The highest BCUT2D eigenvalue weighted by atomic mass is 16.5. The van der Waals surface area contributed by atoms with Crippen LogP contribution in [0.2, 0.25) is 0 Å². The van der Waals surface area contributed by atoms with Crippen molar-refractivity contribution < 1.29 is 14.3 Å². The predicted molar refractivity (Wildman–Crippen MR) is 103 cm³/mol. The van der Waals surface area contributed by atoms with Gasteiger partial charge in [0.05, 0.1) is 6.61 Å². The Morgan fingerprint density at radius 1 is 1.04 bits per heavy atom. The molecule has 0 aliphatic carbocycles. The standard InChI is InChI=1S/C22H27NO3/c1-25-14-15-26-21-9-5-8-20(17-21)22(24)23-12-10-19(11-13-23)16-18-6-3-2-4-7-18/h2-9,17,19H,10-16H2,1H3. The number of likely N-dealkylation sites (tertiary alicyclic amines) is 1. The van der Waals surface area contributed by atoms with E-state index >= 15 is 0 Å². The summed E-state index contributed by atoms with van der Waals surface area (Å²) in [7, 11) is 1.64. The minimum Gasteiger partial charge on any atom is -0.491 e. The molecule has 4 heteroatoms. The van der Waals surface area contributed by atoms with Crippen LogP contribution in [0.3, 0.4) is 0 Å². The maximum Gasteiger partial charge on any atom is 0.253 e. The van der Waals surface area contributed by atoms with Gasteiger partial charge >= 0.3 is 0 Å². The zero-order valence-corrected chi connectivity index (χ0v) is 15.4. The van der Waals surface area contributed by atoms with Gasteiger partial charge in [-0.3, -0.25) is 4.79 Å². The Labute approximate surface area is 155 Å². The Hall–Kier alpha value is -2.33. The predicted octanol–water partition coefficient (Wildman–Crippen LogP) is 3.81. The second-order valence-electron chi connectivity index (χ2n) is 6.79. The van der Waals surface area contributed by atoms with E-state index in [2.05, 4.69) is 30.3 Å². The van der Waals surface area contributed by atoms with Gasteiger partial charge in [-0.05, 0) is 48.9 Å². The number of benzene rings is 2. The molecule has 1 fully saturated rings. The molecule has 26 heavy (non-hydrogen) atoms. The zero-order chi connectivity index (χ0) is 18.2. The molecule has 0 saturated carbocycles. The van der Waals surface area contributed by atoms with Crippen LogP contribution in [0.1, 0.15) is 28.8 Å². The van der Waals surface area contributed by atoms with Crippen LogP contribution in [0.25, 0.3) is 0 Å². The number of amides is 1. The summed E-state index contributed by atoms with van der Waals surface area (Å²) in [5.74, 6) is 1.47. The first-order chi connectivity index (χ1) is 12.8. The Morgan fingerprint density at radius 2 is 1.81 bits per heavy atom. The van der Waals surface area contributed by atoms with Crippen molar-refractivity contribution in [1.29, 1.82) is 0 Å². The fraction of sp³-hybridized carbons (Fsp3) is 0.409. The third-order valence-corrected chi connectivity index (χ3v) is 4.91. The van der Waals surface area contributed by atoms with Gasteiger partial charge in [-0.15, -0.1) is 0 Å². The number of carbonyl (C=O) groups is 1. The summed E-state index contributed by atoms with van der Waals surface area (Å²) in [6, 6.07) is 18.0. The largest absolute Gasteiger partial charge is 0.491 e. The monoisotopic (exact) mass is 353 g/mol. The molecule has 1 amide bonds. The SMILES string of the molecule is COCCOc1cccc(C(=O)N2CCC(Cc3ccccc3)CC2)c1. The van der Waals surface area contributed by atoms with Crippen LogP contribution in [-0.2, 0) is 11.2 Å². The first-order valence-corrected chi connectivity index (χ1v) is 9.31. The lowest BCUT2D eigenvalue weighted by atomic mass is 9.90. The van der Waals surface area contributed by atoms with Gasteiger partial charge in [-0.2, -0.15) is 0 Å². The minimum atomic E-state index is 0.0975. The van der Waals surface area contributed by atoms with Gasteiger partial charge in [-0.25, -0.2) is 0 Å². The van der Waals surface area contributed by atoms with Crippen molar-refractivity contribution in [3.05, 3.63) is 65.7 Å². The van der Waals surface area contributed by atoms with E-state index in [4.69, 9.17) is 9.47 Å². The summed E-state index contributed by atoms with van der Waals surface area (Å²) in [4.78, 5) is 14.8. The lowest BCUT2D eigenvalue weighted by Gasteiger charge is -2.32. The smallest absolute Gasteiger partial charge is 0.253 e. The third-order valence-electron chi connectivity index (χ3n) is 4.91. The van der Waals surface area contributed by atoms with Gasteiger partial charge in [-0.1, -0.05) is 36.4 Å². The first kappa shape index (κ1) is 18.5. The molecule has 3 rings (SSSR count). The Balaban J connectivity index is 1.52. The van der Waals surface area contributed by atoms with Crippen LogP contribution in [0.5, 0.6) is 5.75 Å². The summed E-state index contributed by atoms with van der Waals surface area (Å²) in [6.07, 6.45) is 3.22. The van der Waals surface area contributed by atoms with E-state index < -0.39 is 0 Å². The fourth-order valence-corrected chi connectivity index (χ4v) is 3.43. The molecule has 0 atom stereocenters. The van der Waals surface area contributed by atoms with Crippen molar-refractivity contribution >= 4 is 5.91 Å². The molecular weight excluding hydrogens is 326 g/mol. The molecular formula is C22H27NO3. The van der Waals surface area contributed by atoms with Gasteiger partial charge in [0.25, 0.3) is 5.91 Å². The molecule has 138 valence electrons. The third kappa shape index (κ3) is 5.09. The van der Waals surface area contributed by atoms with Crippen LogP contribution in [0.4, 0.5) is 0 Å². The maximum absolute atomic E-state index is 12.8. The fourth-order valence-electron chi connectivity index (χ4n) is 3.43. The van der Waals surface area contributed by atoms with Crippen molar-refractivity contribution in [2.45, 2.75) is 19.3 Å². The second-order valence-corrected chi connectivity index (χ2v) is 6.79. The summed E-state index contributed by atoms with van der Waals surface area (Å²) < 4.78 is 10.6. The molecule has 4 nitrogen and oxygen atoms in total. The van der Waals surface area contributed by atoms with Crippen molar-refractivity contribution in [2.24, 2.45) is 5.92 Å². The summed E-state index contributed by atoms with van der Waals surface area (Å²) in [5, 5.41) is 0. The van der Waals surface area contributed by atoms with Gasteiger partial charge < -0.3 is 14.4 Å². The van der Waals surface area contributed by atoms with Crippen LogP contribution in [0, 0.1) is 5.92 Å². The summed E-state index contributed by atoms with van der Waals surface area (Å²) >= 11 is 0. The van der Waals surface area contributed by atoms with E-state index in [1.807, 2.05) is 29.2 Å². The van der Waals surface area contributed by atoms with Crippen LogP contribution in [0.15, 0.2) is 54.6 Å². The molecule has 1 aliphatic heterocycles. The number of hydrogen-bond donors (Lipinski definition) is 0. The number of piperidine rings is 1. The highest BCUT2D eigenvalue weighted by Crippen LogP contribution is 2.23. The summed E-state index contributed by atoms with van der Waals surface area (Å²) in [6.45, 7) is 2.67. The van der Waals surface area contributed by atoms with Gasteiger partial charge in [0, 0.05) is 25.8 Å². The van der Waals surface area contributed by atoms with Gasteiger partial charge in [0.15, 0.2) is 0 Å². The molecule has 1 heterocycles. The highest BCUT2D eigenvalue weighted by Gasteiger charge is 2.24. The Kier molecular flexibility index (Phi) is 6.67. The lowest BCUT2D eigenvalue weighted by Crippen LogP contribution is -2.38. The average Bonchev–Trinajstić information content (AvgIpc) is 2.69. The molecule has 0 N–H and O–H groups in total. The maximum atomic E-state index is 12.8. The van der Waals surface area contributed by atoms with Crippen LogP contribution in [-0.4, -0.2) is 44.2 Å². The van der Waals surface area contributed by atoms with Gasteiger partial charge in [0.1, 0.15) is 12.4 Å². The quantitative estimate of drug-likeness (QED) is 0.711. The molecule has 0 unspecified atom stereocenters. The number of carbonyl (C=O) groups excluding carboxylic acids is 1. The average molecular weight is 353 g/mol. The Morgan fingerprint density at radius 3 is 2.54 bits per heavy atom. The number of rotatable bonds is 7. The zero-order valence-electron chi connectivity index (χ0n) is 15.4. The van der Waals surface area contributed by atoms with Crippen molar-refractivity contribution in [1.82, 2.24) is 4.90 Å². The molecule has 1 saturated heterocycles. The normalized spacial score (nSPS) is 15.0. The van der Waals surface area contributed by atoms with Crippen LogP contribution < -0.4 is 4.74 Å². The number of hydrogen-bond acceptors (Lipinski definition) is 3. The van der Waals surface area contributed by atoms with Crippen molar-refractivity contribution in [2.75, 3.05) is 33.4 Å². The Bertz CT molecular complexity index is 694. The van der Waals surface area contributed by atoms with E-state index in [0.717, 1.165) is 32.4 Å². The van der Waals surface area contributed by atoms with E-state index in [-0.39, 0.29) is 5.91 Å². The minimum absolute atomic E-state index is 0.0975. The van der Waals surface area contributed by atoms with E-state index in [0.29, 0.717) is 30.4 Å². The van der Waals surface area contributed by atoms with E-state index in [1.54, 1.807) is 7.11 Å². The van der Waals surface area contributed by atoms with Crippen molar-refractivity contribution in [3.8, 4) is 5.75 Å². The molecule has 0 aromatic heterocycles. The van der Waals surface area contributed by atoms with E-state index in [1.165, 1.54) is 5.56 Å². The molecule has 2 aromatic rings.